The molecule has 1 aromatic rings. The normalized spacial score (nSPS) is 23.1. The summed E-state index contributed by atoms with van der Waals surface area (Å²) in [6, 6.07) is 0. The molecule has 1 saturated carbocycles. The number of ether oxygens (including phenoxy) is 1. The van der Waals surface area contributed by atoms with E-state index in [0.29, 0.717) is 17.6 Å². The lowest BCUT2D eigenvalue weighted by molar-refractivity contribution is 0.0845. The van der Waals surface area contributed by atoms with Crippen molar-refractivity contribution in [1.29, 1.82) is 0 Å². The Bertz CT molecular complexity index is 494. The smallest absolute Gasteiger partial charge is 0.222 e. The second-order valence-corrected chi connectivity index (χ2v) is 7.22. The minimum Gasteiger partial charge on any atom is -0.474 e. The fourth-order valence-electron chi connectivity index (χ4n) is 2.90. The quantitative estimate of drug-likeness (QED) is 0.914. The number of nitrogen functional groups attached to an aromatic ring is 1. The van der Waals surface area contributed by atoms with Gasteiger partial charge in [-0.05, 0) is 38.5 Å². The molecule has 4 nitrogen and oxygen atoms in total. The lowest BCUT2D eigenvalue weighted by atomic mass is 9.85. The van der Waals surface area contributed by atoms with E-state index in [1.807, 2.05) is 6.92 Å². The van der Waals surface area contributed by atoms with E-state index in [-0.39, 0.29) is 11.5 Å². The topological polar surface area (TPSA) is 61.0 Å². The van der Waals surface area contributed by atoms with Crippen molar-refractivity contribution in [2.24, 2.45) is 5.92 Å². The Labute approximate surface area is 128 Å². The number of hydrogen-bond donors (Lipinski definition) is 1. The summed E-state index contributed by atoms with van der Waals surface area (Å²) in [4.78, 5) is 9.08. The van der Waals surface area contributed by atoms with E-state index in [0.717, 1.165) is 24.2 Å². The Morgan fingerprint density at radius 1 is 1.19 bits per heavy atom. The van der Waals surface area contributed by atoms with Gasteiger partial charge in [-0.1, -0.05) is 34.1 Å². The summed E-state index contributed by atoms with van der Waals surface area (Å²) >= 11 is 0. The van der Waals surface area contributed by atoms with Crippen LogP contribution in [0, 0.1) is 12.8 Å². The van der Waals surface area contributed by atoms with Gasteiger partial charge in [-0.3, -0.25) is 0 Å². The van der Waals surface area contributed by atoms with Crippen LogP contribution < -0.4 is 10.5 Å². The van der Waals surface area contributed by atoms with Crippen molar-refractivity contribution in [3.8, 4) is 5.88 Å². The van der Waals surface area contributed by atoms with Crippen molar-refractivity contribution in [1.82, 2.24) is 9.97 Å². The second kappa shape index (κ2) is 6.20. The van der Waals surface area contributed by atoms with Gasteiger partial charge in [-0.2, -0.15) is 4.98 Å². The summed E-state index contributed by atoms with van der Waals surface area (Å²) in [5, 5.41) is 0. The molecule has 1 heterocycles. The van der Waals surface area contributed by atoms with Crippen molar-refractivity contribution in [3.63, 3.8) is 0 Å². The highest BCUT2D eigenvalue weighted by molar-refractivity contribution is 5.45. The molecule has 2 rings (SSSR count). The van der Waals surface area contributed by atoms with Gasteiger partial charge in [0.1, 0.15) is 17.7 Å². The van der Waals surface area contributed by atoms with Crippen LogP contribution in [0.25, 0.3) is 0 Å². The first-order valence-electron chi connectivity index (χ1n) is 8.14. The Balaban J connectivity index is 2.28. The zero-order valence-corrected chi connectivity index (χ0v) is 14.1. The Morgan fingerprint density at radius 2 is 1.86 bits per heavy atom. The molecular weight excluding hydrogens is 262 g/mol. The SMILES string of the molecule is CCC1CCCCC1Oc1nc(C(C)(C)C)nc(N)c1C. The van der Waals surface area contributed by atoms with Gasteiger partial charge in [0.15, 0.2) is 0 Å². The molecule has 2 atom stereocenters. The number of anilines is 1. The molecule has 1 fully saturated rings. The number of nitrogens with zero attached hydrogens (tertiary/aromatic N) is 2. The second-order valence-electron chi connectivity index (χ2n) is 7.22. The molecule has 1 aliphatic carbocycles. The molecule has 4 heteroatoms. The maximum Gasteiger partial charge on any atom is 0.222 e. The molecule has 0 saturated heterocycles. The van der Waals surface area contributed by atoms with Crippen molar-refractivity contribution in [3.05, 3.63) is 11.4 Å². The van der Waals surface area contributed by atoms with Crippen molar-refractivity contribution < 1.29 is 4.74 Å². The average Bonchev–Trinajstić information content (AvgIpc) is 2.43. The predicted molar refractivity (Wildman–Crippen MR) is 86.5 cm³/mol. The zero-order chi connectivity index (χ0) is 15.6. The first kappa shape index (κ1) is 16.1. The zero-order valence-electron chi connectivity index (χ0n) is 14.1. The molecule has 1 aliphatic rings. The van der Waals surface area contributed by atoms with Crippen molar-refractivity contribution >= 4 is 5.82 Å². The largest absolute Gasteiger partial charge is 0.474 e. The van der Waals surface area contributed by atoms with Gasteiger partial charge in [-0.15, -0.1) is 0 Å². The van der Waals surface area contributed by atoms with Crippen LogP contribution in [0.15, 0.2) is 0 Å². The molecule has 118 valence electrons. The van der Waals surface area contributed by atoms with Crippen LogP contribution >= 0.6 is 0 Å². The van der Waals surface area contributed by atoms with Crippen LogP contribution in [0.2, 0.25) is 0 Å². The fourth-order valence-corrected chi connectivity index (χ4v) is 2.90. The molecule has 1 aromatic heterocycles. The predicted octanol–water partition coefficient (Wildman–Crippen LogP) is 4.01. The molecular formula is C17H29N3O. The molecule has 0 bridgehead atoms. The third-order valence-corrected chi connectivity index (χ3v) is 4.44. The molecule has 0 aliphatic heterocycles. The van der Waals surface area contributed by atoms with E-state index >= 15 is 0 Å². The van der Waals surface area contributed by atoms with Crippen molar-refractivity contribution in [2.45, 2.75) is 78.2 Å². The monoisotopic (exact) mass is 291 g/mol. The standard InChI is InChI=1S/C17H29N3O/c1-6-12-9-7-8-10-13(12)21-15-11(2)14(18)19-16(20-15)17(3,4)5/h12-13H,6-10H2,1-5H3,(H2,18,19,20). The van der Waals surface area contributed by atoms with Gasteiger partial charge in [0.05, 0.1) is 5.56 Å². The Hall–Kier alpha value is -1.32. The maximum absolute atomic E-state index is 6.28. The number of nitrogens with two attached hydrogens (primary N) is 1. The summed E-state index contributed by atoms with van der Waals surface area (Å²) in [5.41, 5.74) is 6.80. The summed E-state index contributed by atoms with van der Waals surface area (Å²) in [6.45, 7) is 10.5. The lowest BCUT2D eigenvalue weighted by Gasteiger charge is -2.31. The van der Waals surface area contributed by atoms with Crippen LogP contribution in [-0.2, 0) is 5.41 Å². The van der Waals surface area contributed by atoms with Gasteiger partial charge >= 0.3 is 0 Å². The third-order valence-electron chi connectivity index (χ3n) is 4.44. The summed E-state index contributed by atoms with van der Waals surface area (Å²) in [6.07, 6.45) is 6.36. The minimum absolute atomic E-state index is 0.128. The third kappa shape index (κ3) is 3.66. The average molecular weight is 291 g/mol. The minimum atomic E-state index is -0.128. The van der Waals surface area contributed by atoms with Crippen molar-refractivity contribution in [2.75, 3.05) is 5.73 Å². The first-order valence-corrected chi connectivity index (χ1v) is 8.14. The van der Waals surface area contributed by atoms with Gasteiger partial charge in [0.2, 0.25) is 5.88 Å². The van der Waals surface area contributed by atoms with E-state index < -0.39 is 0 Å². The first-order chi connectivity index (χ1) is 9.82. The lowest BCUT2D eigenvalue weighted by Crippen LogP contribution is -2.31. The molecule has 2 unspecified atom stereocenters. The highest BCUT2D eigenvalue weighted by atomic mass is 16.5. The van der Waals surface area contributed by atoms with Crippen LogP contribution in [-0.4, -0.2) is 16.1 Å². The van der Waals surface area contributed by atoms with Gasteiger partial charge in [0.25, 0.3) is 0 Å². The Kier molecular flexibility index (Phi) is 4.74. The molecule has 2 N–H and O–H groups in total. The maximum atomic E-state index is 6.28. The van der Waals surface area contributed by atoms with Gasteiger partial charge in [0, 0.05) is 5.41 Å². The molecule has 0 amide bonds. The van der Waals surface area contributed by atoms with Crippen LogP contribution in [0.4, 0.5) is 5.82 Å². The van der Waals surface area contributed by atoms with Gasteiger partial charge in [-0.25, -0.2) is 4.98 Å². The highest BCUT2D eigenvalue weighted by Gasteiger charge is 2.28. The molecule has 0 radical (unpaired) electrons. The number of hydrogen-bond acceptors (Lipinski definition) is 4. The van der Waals surface area contributed by atoms with Crippen LogP contribution in [0.1, 0.15) is 71.2 Å². The highest BCUT2D eigenvalue weighted by Crippen LogP contribution is 2.33. The number of rotatable bonds is 3. The van der Waals surface area contributed by atoms with E-state index in [1.165, 1.54) is 19.3 Å². The Morgan fingerprint density at radius 3 is 2.48 bits per heavy atom. The van der Waals surface area contributed by atoms with E-state index in [1.54, 1.807) is 0 Å². The van der Waals surface area contributed by atoms with E-state index in [9.17, 15) is 0 Å². The summed E-state index contributed by atoms with van der Waals surface area (Å²) in [5.74, 6) is 2.60. The fraction of sp³-hybridized carbons (Fsp3) is 0.765. The van der Waals surface area contributed by atoms with Crippen LogP contribution in [0.3, 0.4) is 0 Å². The van der Waals surface area contributed by atoms with Gasteiger partial charge < -0.3 is 10.5 Å². The molecule has 0 spiro atoms. The molecule has 0 aromatic carbocycles. The van der Waals surface area contributed by atoms with Crippen LogP contribution in [0.5, 0.6) is 5.88 Å². The molecule has 21 heavy (non-hydrogen) atoms. The summed E-state index contributed by atoms with van der Waals surface area (Å²) < 4.78 is 6.28. The summed E-state index contributed by atoms with van der Waals surface area (Å²) in [7, 11) is 0. The van der Waals surface area contributed by atoms with E-state index in [2.05, 4.69) is 37.7 Å². The van der Waals surface area contributed by atoms with E-state index in [4.69, 9.17) is 10.5 Å². The number of aromatic nitrogens is 2.